The Labute approximate surface area is 104 Å². The average Bonchev–Trinajstić information content (AvgIpc) is 2.35. The summed E-state index contributed by atoms with van der Waals surface area (Å²) in [6, 6.07) is 0. The van der Waals surface area contributed by atoms with Crippen LogP contribution in [0.5, 0.6) is 0 Å². The number of rotatable bonds is 3. The van der Waals surface area contributed by atoms with Crippen molar-refractivity contribution in [3.63, 3.8) is 0 Å². The molecule has 1 saturated carbocycles. The molecule has 0 saturated heterocycles. The largest absolute Gasteiger partial charge is 0.503 e. The molecule has 104 valence electrons. The quantitative estimate of drug-likeness (QED) is 0.369. The zero-order valence-corrected chi connectivity index (χ0v) is 9.89. The van der Waals surface area contributed by atoms with Crippen molar-refractivity contribution in [2.24, 2.45) is 5.92 Å². The summed E-state index contributed by atoms with van der Waals surface area (Å²) in [4.78, 5) is 30.6. The third kappa shape index (κ3) is 8.34. The van der Waals surface area contributed by atoms with Crippen LogP contribution in [0.25, 0.3) is 0 Å². The number of nitrogens with one attached hydrogen (secondary N) is 2. The molecule has 8 nitrogen and oxygen atoms in total. The molecule has 0 aliphatic heterocycles. The van der Waals surface area contributed by atoms with Crippen molar-refractivity contribution in [1.29, 1.82) is 0 Å². The molecule has 0 radical (unpaired) electrons. The maximum atomic E-state index is 11.4. The van der Waals surface area contributed by atoms with Crippen LogP contribution >= 0.6 is 0 Å². The summed E-state index contributed by atoms with van der Waals surface area (Å²) >= 11 is 0. The Bertz CT molecular complexity index is 284. The van der Waals surface area contributed by atoms with Crippen LogP contribution in [-0.4, -0.2) is 39.9 Å². The lowest BCUT2D eigenvalue weighted by molar-refractivity contribution is -0.132. The number of carbonyl (C=O) groups excluding carboxylic acids is 2. The van der Waals surface area contributed by atoms with Crippen LogP contribution in [0, 0.1) is 5.92 Å². The minimum Gasteiger partial charge on any atom is -0.450 e. The first-order valence-corrected chi connectivity index (χ1v) is 5.60. The van der Waals surface area contributed by atoms with Gasteiger partial charge in [-0.15, -0.1) is 0 Å². The van der Waals surface area contributed by atoms with Crippen LogP contribution in [0.15, 0.2) is 0 Å². The highest BCUT2D eigenvalue weighted by Crippen LogP contribution is 2.23. The summed E-state index contributed by atoms with van der Waals surface area (Å²) in [5.41, 5.74) is 1.47. The highest BCUT2D eigenvalue weighted by Gasteiger charge is 2.20. The van der Waals surface area contributed by atoms with Gasteiger partial charge in [-0.2, -0.15) is 0 Å². The standard InChI is InChI=1S/C9H16N2O3.CH2O3/c12-8(11-14)6-10-9(13)7-4-2-1-3-5-7;2-1(3)4/h7,14H,1-6H2,(H,10,13)(H,11,12);(H2,2,3,4). The van der Waals surface area contributed by atoms with Crippen LogP contribution in [0.3, 0.4) is 0 Å². The first-order valence-electron chi connectivity index (χ1n) is 5.60. The molecule has 0 aromatic carbocycles. The van der Waals surface area contributed by atoms with E-state index in [4.69, 9.17) is 20.2 Å². The molecular weight excluding hydrogens is 244 g/mol. The van der Waals surface area contributed by atoms with Crippen molar-refractivity contribution in [2.45, 2.75) is 32.1 Å². The second kappa shape index (κ2) is 9.23. The predicted octanol–water partition coefficient (Wildman–Crippen LogP) is 0.411. The van der Waals surface area contributed by atoms with E-state index in [-0.39, 0.29) is 18.4 Å². The summed E-state index contributed by atoms with van der Waals surface area (Å²) in [7, 11) is 0. The van der Waals surface area contributed by atoms with E-state index in [1.807, 2.05) is 0 Å². The molecule has 8 heteroatoms. The van der Waals surface area contributed by atoms with Gasteiger partial charge in [0.25, 0.3) is 5.91 Å². The number of amides is 2. The van der Waals surface area contributed by atoms with Gasteiger partial charge in [-0.25, -0.2) is 10.3 Å². The molecule has 0 aromatic heterocycles. The van der Waals surface area contributed by atoms with Gasteiger partial charge in [-0.05, 0) is 12.8 Å². The zero-order chi connectivity index (χ0) is 14.0. The molecule has 0 aromatic rings. The Morgan fingerprint density at radius 1 is 1.06 bits per heavy atom. The molecule has 18 heavy (non-hydrogen) atoms. The molecule has 0 heterocycles. The number of carbonyl (C=O) groups is 3. The SMILES string of the molecule is O=C(CNC(=O)C1CCCCC1)NO.O=C(O)O. The molecule has 0 atom stereocenters. The van der Waals surface area contributed by atoms with Crippen molar-refractivity contribution in [2.75, 3.05) is 6.54 Å². The van der Waals surface area contributed by atoms with Crippen LogP contribution in [0.4, 0.5) is 4.79 Å². The van der Waals surface area contributed by atoms with E-state index in [0.717, 1.165) is 25.7 Å². The van der Waals surface area contributed by atoms with Crippen LogP contribution in [0.2, 0.25) is 0 Å². The summed E-state index contributed by atoms with van der Waals surface area (Å²) in [6.07, 6.45) is 3.36. The molecule has 1 aliphatic rings. The van der Waals surface area contributed by atoms with Crippen molar-refractivity contribution in [3.05, 3.63) is 0 Å². The predicted molar refractivity (Wildman–Crippen MR) is 60.2 cm³/mol. The van der Waals surface area contributed by atoms with E-state index in [2.05, 4.69) is 5.32 Å². The van der Waals surface area contributed by atoms with Gasteiger partial charge in [0.2, 0.25) is 5.91 Å². The Hall–Kier alpha value is -1.83. The fourth-order valence-electron chi connectivity index (χ4n) is 1.72. The van der Waals surface area contributed by atoms with Crippen molar-refractivity contribution in [3.8, 4) is 0 Å². The minimum absolute atomic E-state index is 0.0512. The van der Waals surface area contributed by atoms with Gasteiger partial charge in [-0.1, -0.05) is 19.3 Å². The van der Waals surface area contributed by atoms with Gasteiger partial charge in [0.05, 0.1) is 6.54 Å². The third-order valence-electron chi connectivity index (χ3n) is 2.52. The maximum Gasteiger partial charge on any atom is 0.503 e. The molecule has 0 unspecified atom stereocenters. The molecule has 1 rings (SSSR count). The van der Waals surface area contributed by atoms with E-state index in [1.165, 1.54) is 11.9 Å². The normalized spacial score (nSPS) is 14.9. The number of hydrogen-bond donors (Lipinski definition) is 5. The average molecular weight is 262 g/mol. The smallest absolute Gasteiger partial charge is 0.450 e. The van der Waals surface area contributed by atoms with Crippen LogP contribution < -0.4 is 10.8 Å². The number of carboxylic acid groups (broad SMARTS) is 2. The van der Waals surface area contributed by atoms with Gasteiger partial charge >= 0.3 is 6.16 Å². The number of hydroxylamine groups is 1. The Morgan fingerprint density at radius 2 is 1.56 bits per heavy atom. The summed E-state index contributed by atoms with van der Waals surface area (Å²) in [6.45, 7) is -0.147. The fraction of sp³-hybridized carbons (Fsp3) is 0.700. The molecular formula is C10H18N2O6. The Balaban J connectivity index is 0.000000631. The lowest BCUT2D eigenvalue weighted by Gasteiger charge is -2.20. The van der Waals surface area contributed by atoms with Crippen molar-refractivity contribution in [1.82, 2.24) is 10.8 Å². The van der Waals surface area contributed by atoms with Gasteiger partial charge in [-0.3, -0.25) is 14.8 Å². The first kappa shape index (κ1) is 16.2. The number of hydrogen-bond acceptors (Lipinski definition) is 4. The highest BCUT2D eigenvalue weighted by molar-refractivity contribution is 5.85. The maximum absolute atomic E-state index is 11.4. The molecule has 1 fully saturated rings. The fourth-order valence-corrected chi connectivity index (χ4v) is 1.72. The minimum atomic E-state index is -1.83. The summed E-state index contributed by atoms with van der Waals surface area (Å²) in [5, 5.41) is 24.6. The van der Waals surface area contributed by atoms with E-state index in [1.54, 1.807) is 0 Å². The van der Waals surface area contributed by atoms with E-state index in [9.17, 15) is 9.59 Å². The van der Waals surface area contributed by atoms with Gasteiger partial charge in [0, 0.05) is 5.92 Å². The summed E-state index contributed by atoms with van der Waals surface area (Å²) in [5.74, 6) is -0.613. The second-order valence-corrected chi connectivity index (χ2v) is 3.87. The monoisotopic (exact) mass is 262 g/mol. The zero-order valence-electron chi connectivity index (χ0n) is 9.89. The summed E-state index contributed by atoms with van der Waals surface area (Å²) < 4.78 is 0. The first-order chi connectivity index (χ1) is 8.47. The lowest BCUT2D eigenvalue weighted by atomic mass is 9.89. The van der Waals surface area contributed by atoms with Crippen molar-refractivity contribution < 1.29 is 29.8 Å². The third-order valence-corrected chi connectivity index (χ3v) is 2.52. The van der Waals surface area contributed by atoms with Gasteiger partial charge in [0.15, 0.2) is 0 Å². The lowest BCUT2D eigenvalue weighted by Crippen LogP contribution is -2.39. The molecule has 0 bridgehead atoms. The topological polar surface area (TPSA) is 136 Å². The highest BCUT2D eigenvalue weighted by atomic mass is 16.6. The second-order valence-electron chi connectivity index (χ2n) is 3.87. The van der Waals surface area contributed by atoms with Crippen molar-refractivity contribution >= 4 is 18.0 Å². The molecule has 0 spiro atoms. The van der Waals surface area contributed by atoms with Gasteiger partial charge < -0.3 is 15.5 Å². The van der Waals surface area contributed by atoms with Crippen LogP contribution in [-0.2, 0) is 9.59 Å². The molecule has 2 amide bonds. The van der Waals surface area contributed by atoms with E-state index >= 15 is 0 Å². The van der Waals surface area contributed by atoms with E-state index < -0.39 is 12.1 Å². The van der Waals surface area contributed by atoms with E-state index in [0.29, 0.717) is 0 Å². The Kier molecular flexibility index (Phi) is 8.29. The molecule has 5 N–H and O–H groups in total. The molecule has 1 aliphatic carbocycles. The Morgan fingerprint density at radius 3 is 2.00 bits per heavy atom. The van der Waals surface area contributed by atoms with Gasteiger partial charge in [0.1, 0.15) is 0 Å². The van der Waals surface area contributed by atoms with Crippen LogP contribution in [0.1, 0.15) is 32.1 Å².